The Kier molecular flexibility index (Phi) is 3.26. The smallest absolute Gasteiger partial charge is 0.347 e. The molecule has 0 aliphatic heterocycles. The van der Waals surface area contributed by atoms with E-state index in [-0.39, 0.29) is 16.9 Å². The number of hydrogen-bond donors (Lipinski definition) is 2. The number of nitriles is 2. The van der Waals surface area contributed by atoms with Gasteiger partial charge in [0.25, 0.3) is 0 Å². The van der Waals surface area contributed by atoms with Crippen LogP contribution in [0.1, 0.15) is 5.56 Å². The Balaban J connectivity index is 3.39. The van der Waals surface area contributed by atoms with Crippen LogP contribution in [-0.2, 0) is 4.79 Å². The topological polar surface area (TPSA) is 105 Å². The summed E-state index contributed by atoms with van der Waals surface area (Å²) in [6, 6.07) is 8.48. The van der Waals surface area contributed by atoms with Crippen LogP contribution in [0.3, 0.4) is 0 Å². The fourth-order valence-corrected chi connectivity index (χ4v) is 1.10. The second-order valence-electron chi connectivity index (χ2n) is 2.83. The van der Waals surface area contributed by atoms with Gasteiger partial charge in [-0.15, -0.1) is 0 Å². The first-order chi connectivity index (χ1) is 7.60. The zero-order valence-corrected chi connectivity index (χ0v) is 8.01. The second kappa shape index (κ2) is 4.63. The molecule has 0 aliphatic rings. The Morgan fingerprint density at radius 3 is 2.06 bits per heavy atom. The van der Waals surface area contributed by atoms with E-state index in [0.717, 1.165) is 0 Å². The average molecular weight is 214 g/mol. The number of phenols is 1. The summed E-state index contributed by atoms with van der Waals surface area (Å²) >= 11 is 0. The Bertz CT molecular complexity index is 530. The molecule has 0 heterocycles. The molecule has 0 atom stereocenters. The van der Waals surface area contributed by atoms with Crippen molar-refractivity contribution >= 4 is 11.5 Å². The van der Waals surface area contributed by atoms with Crippen LogP contribution in [0.15, 0.2) is 29.8 Å². The number of rotatable bonds is 2. The fraction of sp³-hybridized carbons (Fsp3) is 0. The molecule has 16 heavy (non-hydrogen) atoms. The van der Waals surface area contributed by atoms with Crippen molar-refractivity contribution < 1.29 is 15.0 Å². The number of phenolic OH excluding ortho intramolecular Hbond substituents is 1. The third-order valence-electron chi connectivity index (χ3n) is 1.84. The zero-order chi connectivity index (χ0) is 12.1. The van der Waals surface area contributed by atoms with Crippen LogP contribution in [0.5, 0.6) is 5.75 Å². The Hall–Kier alpha value is -2.79. The van der Waals surface area contributed by atoms with Crippen molar-refractivity contribution in [3.05, 3.63) is 35.4 Å². The van der Waals surface area contributed by atoms with Crippen molar-refractivity contribution in [3.63, 3.8) is 0 Å². The maximum absolute atomic E-state index is 10.7. The number of carbonyl (C=O) groups is 1. The molecule has 1 aromatic rings. The normalized spacial score (nSPS) is 10.9. The molecule has 0 amide bonds. The number of aliphatic carboxylic acids is 1. The Morgan fingerprint density at radius 2 is 1.69 bits per heavy atom. The van der Waals surface area contributed by atoms with Gasteiger partial charge >= 0.3 is 5.97 Å². The van der Waals surface area contributed by atoms with Crippen molar-refractivity contribution in [1.82, 2.24) is 0 Å². The monoisotopic (exact) mass is 214 g/mol. The van der Waals surface area contributed by atoms with Crippen molar-refractivity contribution in [1.29, 1.82) is 10.5 Å². The maximum atomic E-state index is 10.7. The van der Waals surface area contributed by atoms with E-state index >= 15 is 0 Å². The molecule has 1 aromatic carbocycles. The lowest BCUT2D eigenvalue weighted by atomic mass is 10.0. The molecule has 0 bridgehead atoms. The van der Waals surface area contributed by atoms with Gasteiger partial charge in [-0.25, -0.2) is 4.79 Å². The number of carboxylic acids is 1. The molecule has 0 saturated heterocycles. The largest absolute Gasteiger partial charge is 0.508 e. The SMILES string of the molecule is N#CC(C(=O)O)=C(C#N)c1ccc(O)cc1. The van der Waals surface area contributed by atoms with Crippen molar-refractivity contribution in [2.75, 3.05) is 0 Å². The lowest BCUT2D eigenvalue weighted by Gasteiger charge is -2.00. The summed E-state index contributed by atoms with van der Waals surface area (Å²) in [6.45, 7) is 0. The molecule has 78 valence electrons. The molecule has 0 aromatic heterocycles. The lowest BCUT2D eigenvalue weighted by molar-refractivity contribution is -0.132. The molecular weight excluding hydrogens is 208 g/mol. The van der Waals surface area contributed by atoms with Crippen LogP contribution < -0.4 is 0 Å². The molecule has 1 rings (SSSR count). The maximum Gasteiger partial charge on any atom is 0.347 e. The highest BCUT2D eigenvalue weighted by atomic mass is 16.4. The third-order valence-corrected chi connectivity index (χ3v) is 1.84. The lowest BCUT2D eigenvalue weighted by Crippen LogP contribution is -2.01. The van der Waals surface area contributed by atoms with Gasteiger partial charge in [0.15, 0.2) is 5.57 Å². The standard InChI is InChI=1S/C11H6N2O3/c12-5-9(10(6-13)11(15)16)7-1-3-8(14)4-2-7/h1-4,14H,(H,15,16). The summed E-state index contributed by atoms with van der Waals surface area (Å²) in [4.78, 5) is 10.7. The summed E-state index contributed by atoms with van der Waals surface area (Å²) in [5.41, 5.74) is -0.567. The van der Waals surface area contributed by atoms with E-state index in [9.17, 15) is 4.79 Å². The highest BCUT2D eigenvalue weighted by molar-refractivity contribution is 6.03. The van der Waals surface area contributed by atoms with Crippen LogP contribution >= 0.6 is 0 Å². The minimum atomic E-state index is -1.45. The number of allylic oxidation sites excluding steroid dienone is 1. The first kappa shape index (κ1) is 11.3. The van der Waals surface area contributed by atoms with Crippen molar-refractivity contribution in [2.45, 2.75) is 0 Å². The summed E-state index contributed by atoms with van der Waals surface area (Å²) in [5.74, 6) is -1.46. The highest BCUT2D eigenvalue weighted by Crippen LogP contribution is 2.20. The van der Waals surface area contributed by atoms with Gasteiger partial charge in [-0.05, 0) is 29.8 Å². The molecule has 5 nitrogen and oxygen atoms in total. The van der Waals surface area contributed by atoms with Gasteiger partial charge in [-0.2, -0.15) is 10.5 Å². The van der Waals surface area contributed by atoms with Gasteiger partial charge in [0, 0.05) is 0 Å². The fourth-order valence-electron chi connectivity index (χ4n) is 1.10. The van der Waals surface area contributed by atoms with E-state index < -0.39 is 11.5 Å². The van der Waals surface area contributed by atoms with Gasteiger partial charge in [-0.1, -0.05) is 0 Å². The first-order valence-electron chi connectivity index (χ1n) is 4.17. The molecule has 0 radical (unpaired) electrons. The van der Waals surface area contributed by atoms with E-state index in [4.69, 9.17) is 20.7 Å². The quantitative estimate of drug-likeness (QED) is 0.569. The van der Waals surface area contributed by atoms with E-state index in [2.05, 4.69) is 0 Å². The van der Waals surface area contributed by atoms with E-state index in [1.54, 1.807) is 6.07 Å². The van der Waals surface area contributed by atoms with Crippen LogP contribution in [0, 0.1) is 22.7 Å². The summed E-state index contributed by atoms with van der Waals surface area (Å²) < 4.78 is 0. The molecule has 2 N–H and O–H groups in total. The van der Waals surface area contributed by atoms with Gasteiger partial charge < -0.3 is 10.2 Å². The molecule has 0 aliphatic carbocycles. The minimum Gasteiger partial charge on any atom is -0.508 e. The zero-order valence-electron chi connectivity index (χ0n) is 8.01. The Morgan fingerprint density at radius 1 is 1.12 bits per heavy atom. The highest BCUT2D eigenvalue weighted by Gasteiger charge is 2.15. The predicted octanol–water partition coefficient (Wildman–Crippen LogP) is 1.28. The van der Waals surface area contributed by atoms with Crippen LogP contribution in [0.4, 0.5) is 0 Å². The molecular formula is C11H6N2O3. The first-order valence-corrected chi connectivity index (χ1v) is 4.17. The molecule has 0 spiro atoms. The summed E-state index contributed by atoms with van der Waals surface area (Å²) in [6.07, 6.45) is 0. The number of benzene rings is 1. The average Bonchev–Trinajstić information content (AvgIpc) is 2.26. The second-order valence-corrected chi connectivity index (χ2v) is 2.83. The molecule has 0 unspecified atom stereocenters. The summed E-state index contributed by atoms with van der Waals surface area (Å²) in [5, 5.41) is 35.2. The Labute approximate surface area is 91.1 Å². The summed E-state index contributed by atoms with van der Waals surface area (Å²) in [7, 11) is 0. The number of carboxylic acid groups (broad SMARTS) is 1. The van der Waals surface area contributed by atoms with E-state index in [0.29, 0.717) is 0 Å². The predicted molar refractivity (Wildman–Crippen MR) is 53.9 cm³/mol. The minimum absolute atomic E-state index is 0.00475. The molecule has 0 saturated carbocycles. The third kappa shape index (κ3) is 2.17. The van der Waals surface area contributed by atoms with Gasteiger partial charge in [0.1, 0.15) is 17.9 Å². The van der Waals surface area contributed by atoms with Crippen molar-refractivity contribution in [3.8, 4) is 17.9 Å². The van der Waals surface area contributed by atoms with Crippen LogP contribution in [0.2, 0.25) is 0 Å². The van der Waals surface area contributed by atoms with Crippen molar-refractivity contribution in [2.24, 2.45) is 0 Å². The van der Waals surface area contributed by atoms with Crippen LogP contribution in [-0.4, -0.2) is 16.2 Å². The van der Waals surface area contributed by atoms with E-state index in [1.165, 1.54) is 30.3 Å². The number of hydrogen-bond acceptors (Lipinski definition) is 4. The number of nitrogens with zero attached hydrogens (tertiary/aromatic N) is 2. The van der Waals surface area contributed by atoms with Gasteiger partial charge in [0.05, 0.1) is 5.57 Å². The van der Waals surface area contributed by atoms with E-state index in [1.807, 2.05) is 0 Å². The number of aromatic hydroxyl groups is 1. The molecule has 5 heteroatoms. The molecule has 0 fully saturated rings. The van der Waals surface area contributed by atoms with Gasteiger partial charge in [-0.3, -0.25) is 0 Å². The van der Waals surface area contributed by atoms with Gasteiger partial charge in [0.2, 0.25) is 0 Å². The van der Waals surface area contributed by atoms with Crippen LogP contribution in [0.25, 0.3) is 5.57 Å².